The molecule has 0 atom stereocenters. The molecule has 2 rings (SSSR count). The number of carboxylic acids is 1. The van der Waals surface area contributed by atoms with Crippen molar-refractivity contribution in [2.45, 2.75) is 26.8 Å². The molecule has 6 nitrogen and oxygen atoms in total. The molecule has 0 spiro atoms. The Bertz CT molecular complexity index is 688. The van der Waals surface area contributed by atoms with Gasteiger partial charge in [0.05, 0.1) is 18.7 Å². The standard InChI is InChI=1S/C14H17N3O3S/c1-8-11(9(2)17(3)16-8)6-13(18)15-7-10-4-5-12(21-10)14(19)20/h4-5H,6-7H2,1-3H3,(H,15,18)(H,19,20). The SMILES string of the molecule is Cc1nn(C)c(C)c1CC(=O)NCc1ccc(C(=O)O)s1. The number of aromatic carboxylic acids is 1. The van der Waals surface area contributed by atoms with Gasteiger partial charge in [-0.15, -0.1) is 11.3 Å². The molecule has 2 aromatic rings. The predicted octanol–water partition coefficient (Wildman–Crippen LogP) is 1.66. The second-order valence-corrected chi connectivity index (χ2v) is 5.97. The number of hydrogen-bond donors (Lipinski definition) is 2. The molecule has 0 saturated heterocycles. The quantitative estimate of drug-likeness (QED) is 0.880. The topological polar surface area (TPSA) is 84.2 Å². The molecule has 2 aromatic heterocycles. The minimum Gasteiger partial charge on any atom is -0.477 e. The lowest BCUT2D eigenvalue weighted by Crippen LogP contribution is -2.24. The molecule has 0 saturated carbocycles. The fraction of sp³-hybridized carbons (Fsp3) is 0.357. The normalized spacial score (nSPS) is 10.6. The number of aromatic nitrogens is 2. The number of nitrogens with one attached hydrogen (secondary N) is 1. The van der Waals surface area contributed by atoms with E-state index in [2.05, 4.69) is 10.4 Å². The van der Waals surface area contributed by atoms with Crippen LogP contribution in [0.2, 0.25) is 0 Å². The van der Waals surface area contributed by atoms with Crippen LogP contribution >= 0.6 is 11.3 Å². The van der Waals surface area contributed by atoms with Crippen molar-refractivity contribution in [2.75, 3.05) is 0 Å². The van der Waals surface area contributed by atoms with Gasteiger partial charge in [-0.3, -0.25) is 9.48 Å². The van der Waals surface area contributed by atoms with Crippen molar-refractivity contribution < 1.29 is 14.7 Å². The smallest absolute Gasteiger partial charge is 0.345 e. The van der Waals surface area contributed by atoms with Gasteiger partial charge in [0.15, 0.2) is 0 Å². The maximum atomic E-state index is 12.0. The van der Waals surface area contributed by atoms with Gasteiger partial charge in [-0.05, 0) is 26.0 Å². The van der Waals surface area contributed by atoms with Gasteiger partial charge in [-0.25, -0.2) is 4.79 Å². The van der Waals surface area contributed by atoms with Gasteiger partial charge in [-0.1, -0.05) is 0 Å². The van der Waals surface area contributed by atoms with E-state index in [1.165, 1.54) is 11.3 Å². The summed E-state index contributed by atoms with van der Waals surface area (Å²) in [5.74, 6) is -1.04. The monoisotopic (exact) mass is 307 g/mol. The Morgan fingerprint density at radius 3 is 2.62 bits per heavy atom. The first kappa shape index (κ1) is 15.2. The third-order valence-electron chi connectivity index (χ3n) is 3.33. The van der Waals surface area contributed by atoms with Crippen LogP contribution < -0.4 is 5.32 Å². The van der Waals surface area contributed by atoms with E-state index in [-0.39, 0.29) is 17.2 Å². The average molecular weight is 307 g/mol. The molecule has 2 heterocycles. The number of nitrogens with zero attached hydrogens (tertiary/aromatic N) is 2. The first-order chi connectivity index (χ1) is 9.88. The number of carbonyl (C=O) groups excluding carboxylic acids is 1. The van der Waals surface area contributed by atoms with E-state index in [1.54, 1.807) is 16.8 Å². The Morgan fingerprint density at radius 1 is 1.38 bits per heavy atom. The highest BCUT2D eigenvalue weighted by Crippen LogP contribution is 2.16. The average Bonchev–Trinajstić information content (AvgIpc) is 2.98. The molecule has 2 N–H and O–H groups in total. The van der Waals surface area contributed by atoms with Gasteiger partial charge in [-0.2, -0.15) is 5.10 Å². The molecule has 0 aliphatic heterocycles. The molecule has 112 valence electrons. The van der Waals surface area contributed by atoms with Crippen molar-refractivity contribution in [1.82, 2.24) is 15.1 Å². The Balaban J connectivity index is 1.94. The van der Waals surface area contributed by atoms with Crippen LogP contribution in [0.3, 0.4) is 0 Å². The van der Waals surface area contributed by atoms with Crippen molar-refractivity contribution in [1.29, 1.82) is 0 Å². The van der Waals surface area contributed by atoms with E-state index in [0.717, 1.165) is 21.8 Å². The lowest BCUT2D eigenvalue weighted by atomic mass is 10.1. The fourth-order valence-electron chi connectivity index (χ4n) is 2.07. The minimum atomic E-state index is -0.945. The molecule has 0 fully saturated rings. The van der Waals surface area contributed by atoms with Crippen LogP contribution in [-0.4, -0.2) is 26.8 Å². The maximum Gasteiger partial charge on any atom is 0.345 e. The Kier molecular flexibility index (Phi) is 4.42. The number of thiophene rings is 1. The molecule has 0 aliphatic carbocycles. The van der Waals surface area contributed by atoms with Gasteiger partial charge in [0.1, 0.15) is 4.88 Å². The zero-order chi connectivity index (χ0) is 15.6. The lowest BCUT2D eigenvalue weighted by Gasteiger charge is -2.04. The Morgan fingerprint density at radius 2 is 2.10 bits per heavy atom. The Labute approximate surface area is 126 Å². The summed E-state index contributed by atoms with van der Waals surface area (Å²) in [6, 6.07) is 3.26. The summed E-state index contributed by atoms with van der Waals surface area (Å²) in [6.45, 7) is 4.16. The summed E-state index contributed by atoms with van der Waals surface area (Å²) >= 11 is 1.17. The minimum absolute atomic E-state index is 0.0977. The number of amides is 1. The van der Waals surface area contributed by atoms with Crippen LogP contribution in [-0.2, 0) is 24.8 Å². The van der Waals surface area contributed by atoms with Gasteiger partial charge < -0.3 is 10.4 Å². The number of carbonyl (C=O) groups is 2. The van der Waals surface area contributed by atoms with Crippen LogP contribution in [0.15, 0.2) is 12.1 Å². The summed E-state index contributed by atoms with van der Waals surface area (Å²) in [6.07, 6.45) is 0.280. The molecule has 0 bridgehead atoms. The highest BCUT2D eigenvalue weighted by molar-refractivity contribution is 7.13. The van der Waals surface area contributed by atoms with Gasteiger partial charge in [0.2, 0.25) is 5.91 Å². The zero-order valence-corrected chi connectivity index (χ0v) is 13.0. The number of carboxylic acid groups (broad SMARTS) is 1. The molecular weight excluding hydrogens is 290 g/mol. The van der Waals surface area contributed by atoms with Crippen LogP contribution in [0.25, 0.3) is 0 Å². The highest BCUT2D eigenvalue weighted by Gasteiger charge is 2.14. The number of rotatable bonds is 5. The third-order valence-corrected chi connectivity index (χ3v) is 4.40. The molecular formula is C14H17N3O3S. The van der Waals surface area contributed by atoms with E-state index in [9.17, 15) is 9.59 Å². The molecule has 0 aromatic carbocycles. The van der Waals surface area contributed by atoms with Gasteiger partial charge in [0, 0.05) is 23.2 Å². The van der Waals surface area contributed by atoms with E-state index < -0.39 is 5.97 Å². The first-order valence-electron chi connectivity index (χ1n) is 6.46. The fourth-order valence-corrected chi connectivity index (χ4v) is 2.86. The van der Waals surface area contributed by atoms with Crippen LogP contribution in [0.5, 0.6) is 0 Å². The summed E-state index contributed by atoms with van der Waals surface area (Å²) in [7, 11) is 1.85. The van der Waals surface area contributed by atoms with Gasteiger partial charge >= 0.3 is 5.97 Å². The summed E-state index contributed by atoms with van der Waals surface area (Å²) in [5.41, 5.74) is 2.77. The molecule has 0 radical (unpaired) electrons. The molecule has 0 aliphatic rings. The van der Waals surface area contributed by atoms with Crippen molar-refractivity contribution in [2.24, 2.45) is 7.05 Å². The largest absolute Gasteiger partial charge is 0.477 e. The zero-order valence-electron chi connectivity index (χ0n) is 12.1. The van der Waals surface area contributed by atoms with Gasteiger partial charge in [0.25, 0.3) is 0 Å². The van der Waals surface area contributed by atoms with Crippen molar-refractivity contribution in [3.63, 3.8) is 0 Å². The summed E-state index contributed by atoms with van der Waals surface area (Å²) in [4.78, 5) is 23.9. The van der Waals surface area contributed by atoms with Crippen LogP contribution in [0.1, 0.15) is 31.5 Å². The van der Waals surface area contributed by atoms with E-state index in [4.69, 9.17) is 5.11 Å². The third kappa shape index (κ3) is 3.49. The molecule has 1 amide bonds. The maximum absolute atomic E-state index is 12.0. The van der Waals surface area contributed by atoms with E-state index in [1.807, 2.05) is 20.9 Å². The Hall–Kier alpha value is -2.15. The highest BCUT2D eigenvalue weighted by atomic mass is 32.1. The van der Waals surface area contributed by atoms with E-state index in [0.29, 0.717) is 6.54 Å². The second-order valence-electron chi connectivity index (χ2n) is 4.80. The van der Waals surface area contributed by atoms with Crippen molar-refractivity contribution >= 4 is 23.2 Å². The van der Waals surface area contributed by atoms with E-state index >= 15 is 0 Å². The summed E-state index contributed by atoms with van der Waals surface area (Å²) < 4.78 is 1.76. The molecule has 21 heavy (non-hydrogen) atoms. The lowest BCUT2D eigenvalue weighted by molar-refractivity contribution is -0.120. The van der Waals surface area contributed by atoms with Crippen molar-refractivity contribution in [3.05, 3.63) is 38.8 Å². The second kappa shape index (κ2) is 6.09. The molecule has 0 unspecified atom stereocenters. The molecule has 7 heteroatoms. The first-order valence-corrected chi connectivity index (χ1v) is 7.28. The van der Waals surface area contributed by atoms with Crippen LogP contribution in [0, 0.1) is 13.8 Å². The number of aryl methyl sites for hydroxylation is 2. The summed E-state index contributed by atoms with van der Waals surface area (Å²) in [5, 5.41) is 15.9. The van der Waals surface area contributed by atoms with Crippen molar-refractivity contribution in [3.8, 4) is 0 Å². The predicted molar refractivity (Wildman–Crippen MR) is 79.5 cm³/mol. The van der Waals surface area contributed by atoms with Crippen LogP contribution in [0.4, 0.5) is 0 Å². The number of hydrogen-bond acceptors (Lipinski definition) is 4.